The number of nitrogens with two attached hydrogens (primary N) is 1. The highest BCUT2D eigenvalue weighted by atomic mass is 19.2. The van der Waals surface area contributed by atoms with Gasteiger partial charge in [-0.15, -0.1) is 0 Å². The normalized spacial score (nSPS) is 10.7. The number of fused-ring (bicyclic) bond motifs is 1. The highest BCUT2D eigenvalue weighted by Crippen LogP contribution is 2.37. The van der Waals surface area contributed by atoms with E-state index in [2.05, 4.69) is 4.98 Å². The lowest BCUT2D eigenvalue weighted by molar-refractivity contribution is 0.256. The van der Waals surface area contributed by atoms with Crippen LogP contribution in [0.4, 0.5) is 29.3 Å². The van der Waals surface area contributed by atoms with Crippen molar-refractivity contribution in [2.45, 2.75) is 0 Å². The van der Waals surface area contributed by atoms with E-state index >= 15 is 0 Å². The summed E-state index contributed by atoms with van der Waals surface area (Å²) >= 11 is 0. The van der Waals surface area contributed by atoms with Gasteiger partial charge in [0.05, 0.1) is 31.1 Å². The summed E-state index contributed by atoms with van der Waals surface area (Å²) in [4.78, 5) is 17.0. The van der Waals surface area contributed by atoms with Gasteiger partial charge in [-0.2, -0.15) is 0 Å². The van der Waals surface area contributed by atoms with E-state index in [1.165, 1.54) is 38.5 Å². The summed E-state index contributed by atoms with van der Waals surface area (Å²) in [5.41, 5.74) is 5.58. The van der Waals surface area contributed by atoms with E-state index in [1.54, 1.807) is 24.4 Å². The summed E-state index contributed by atoms with van der Waals surface area (Å²) in [7, 11) is 3.03. The van der Waals surface area contributed by atoms with Crippen molar-refractivity contribution >= 4 is 28.3 Å². The number of nitrogens with zero attached hydrogens (tertiary/aromatic N) is 2. The Labute approximate surface area is 192 Å². The third-order valence-electron chi connectivity index (χ3n) is 4.98. The number of benzene rings is 3. The predicted octanol–water partition coefficient (Wildman–Crippen LogP) is 5.68. The molecule has 4 rings (SSSR count). The van der Waals surface area contributed by atoms with E-state index in [0.29, 0.717) is 46.0 Å². The van der Waals surface area contributed by atoms with Crippen LogP contribution in [0.15, 0.2) is 60.8 Å². The lowest BCUT2D eigenvalue weighted by atomic mass is 10.1. The SMILES string of the molecule is COc1cc2nccc(Oc3ccc(N(C(N)=O)c4cc(F)c(F)cc4F)cc3)c2cc1OC. The Morgan fingerprint density at radius 1 is 0.853 bits per heavy atom. The van der Waals surface area contributed by atoms with Crippen molar-refractivity contribution in [2.75, 3.05) is 19.1 Å². The van der Waals surface area contributed by atoms with Crippen LogP contribution in [0.1, 0.15) is 0 Å². The van der Waals surface area contributed by atoms with Crippen molar-refractivity contribution in [3.63, 3.8) is 0 Å². The fourth-order valence-corrected chi connectivity index (χ4v) is 3.40. The van der Waals surface area contributed by atoms with E-state index in [4.69, 9.17) is 19.9 Å². The molecule has 10 heteroatoms. The van der Waals surface area contributed by atoms with Crippen LogP contribution in [0.25, 0.3) is 10.9 Å². The molecule has 0 unspecified atom stereocenters. The van der Waals surface area contributed by atoms with E-state index < -0.39 is 29.2 Å². The lowest BCUT2D eigenvalue weighted by Gasteiger charge is -2.21. The number of rotatable bonds is 6. The molecule has 0 bridgehead atoms. The lowest BCUT2D eigenvalue weighted by Crippen LogP contribution is -2.32. The monoisotopic (exact) mass is 469 g/mol. The Balaban J connectivity index is 1.67. The summed E-state index contributed by atoms with van der Waals surface area (Å²) in [6.07, 6.45) is 1.57. The van der Waals surface area contributed by atoms with Crippen molar-refractivity contribution < 1.29 is 32.2 Å². The van der Waals surface area contributed by atoms with E-state index in [9.17, 15) is 18.0 Å². The Kier molecular flexibility index (Phi) is 6.13. The molecule has 0 aliphatic rings. The molecule has 0 radical (unpaired) electrons. The van der Waals surface area contributed by atoms with Crippen molar-refractivity contribution in [3.8, 4) is 23.0 Å². The number of carbonyl (C=O) groups is 1. The molecule has 0 fully saturated rings. The zero-order chi connectivity index (χ0) is 24.4. The van der Waals surface area contributed by atoms with Crippen LogP contribution in [0.5, 0.6) is 23.0 Å². The van der Waals surface area contributed by atoms with Gasteiger partial charge in [-0.05, 0) is 36.4 Å². The molecule has 3 aromatic carbocycles. The topological polar surface area (TPSA) is 86.9 Å². The average Bonchev–Trinajstić information content (AvgIpc) is 2.82. The first kappa shape index (κ1) is 22.7. The molecule has 0 saturated heterocycles. The summed E-state index contributed by atoms with van der Waals surface area (Å²) in [5, 5.41) is 0.659. The van der Waals surface area contributed by atoms with Crippen LogP contribution in [-0.2, 0) is 0 Å². The number of anilines is 2. The molecular weight excluding hydrogens is 451 g/mol. The second-order valence-corrected chi connectivity index (χ2v) is 7.02. The van der Waals surface area contributed by atoms with Crippen LogP contribution < -0.4 is 24.8 Å². The molecule has 34 heavy (non-hydrogen) atoms. The standard InChI is InChI=1S/C24H18F3N3O4/c1-32-22-9-15-19(12-23(22)33-2)29-8-7-21(15)34-14-5-3-13(4-6-14)30(24(28)31)20-11-17(26)16(25)10-18(20)27/h3-12H,1-2H3,(H2,28,31). The van der Waals surface area contributed by atoms with E-state index in [-0.39, 0.29) is 5.69 Å². The summed E-state index contributed by atoms with van der Waals surface area (Å²) in [5.74, 6) is -2.00. The Morgan fingerprint density at radius 2 is 1.50 bits per heavy atom. The number of carbonyl (C=O) groups excluding carboxylic acids is 1. The molecule has 0 saturated carbocycles. The van der Waals surface area contributed by atoms with Gasteiger partial charge in [-0.3, -0.25) is 9.88 Å². The van der Waals surface area contributed by atoms with Crippen molar-refractivity contribution in [3.05, 3.63) is 78.2 Å². The van der Waals surface area contributed by atoms with Crippen LogP contribution in [0, 0.1) is 17.5 Å². The van der Waals surface area contributed by atoms with Crippen molar-refractivity contribution in [1.82, 2.24) is 4.98 Å². The summed E-state index contributed by atoms with van der Waals surface area (Å²) < 4.78 is 57.8. The van der Waals surface area contributed by atoms with Gasteiger partial charge in [0.1, 0.15) is 17.3 Å². The van der Waals surface area contributed by atoms with Gasteiger partial charge in [0.15, 0.2) is 23.1 Å². The predicted molar refractivity (Wildman–Crippen MR) is 119 cm³/mol. The molecule has 0 aliphatic heterocycles. The number of amides is 2. The number of methoxy groups -OCH3 is 2. The van der Waals surface area contributed by atoms with Crippen LogP contribution in [0.2, 0.25) is 0 Å². The molecule has 0 aliphatic carbocycles. The molecule has 1 aromatic heterocycles. The number of ether oxygens (including phenoxy) is 3. The first-order valence-corrected chi connectivity index (χ1v) is 9.85. The van der Waals surface area contributed by atoms with Gasteiger partial charge in [0.2, 0.25) is 0 Å². The zero-order valence-corrected chi connectivity index (χ0v) is 18.0. The highest BCUT2D eigenvalue weighted by molar-refractivity contribution is 5.98. The van der Waals surface area contributed by atoms with Crippen LogP contribution in [0.3, 0.4) is 0 Å². The first-order chi connectivity index (χ1) is 16.3. The highest BCUT2D eigenvalue weighted by Gasteiger charge is 2.22. The van der Waals surface area contributed by atoms with Gasteiger partial charge < -0.3 is 19.9 Å². The molecular formula is C24H18F3N3O4. The maximum atomic E-state index is 14.3. The molecule has 0 spiro atoms. The molecule has 7 nitrogen and oxygen atoms in total. The van der Waals surface area contributed by atoms with E-state index in [1.807, 2.05) is 0 Å². The number of aromatic nitrogens is 1. The summed E-state index contributed by atoms with van der Waals surface area (Å²) in [6, 6.07) is 10.8. The van der Waals surface area contributed by atoms with Gasteiger partial charge in [-0.25, -0.2) is 18.0 Å². The number of halogens is 3. The third kappa shape index (κ3) is 4.25. The number of hydrogen-bond acceptors (Lipinski definition) is 5. The second-order valence-electron chi connectivity index (χ2n) is 7.02. The molecule has 2 N–H and O–H groups in total. The number of pyridine rings is 1. The average molecular weight is 469 g/mol. The van der Waals surface area contributed by atoms with Gasteiger partial charge in [-0.1, -0.05) is 0 Å². The van der Waals surface area contributed by atoms with Gasteiger partial charge in [0, 0.05) is 29.8 Å². The van der Waals surface area contributed by atoms with Crippen molar-refractivity contribution in [2.24, 2.45) is 5.73 Å². The second kappa shape index (κ2) is 9.18. The van der Waals surface area contributed by atoms with Crippen LogP contribution in [-0.4, -0.2) is 25.2 Å². The largest absolute Gasteiger partial charge is 0.493 e. The molecule has 1 heterocycles. The van der Waals surface area contributed by atoms with E-state index in [0.717, 1.165) is 4.90 Å². The molecule has 174 valence electrons. The number of hydrogen-bond donors (Lipinski definition) is 1. The summed E-state index contributed by atoms with van der Waals surface area (Å²) in [6.45, 7) is 0. The fraction of sp³-hybridized carbons (Fsp3) is 0.0833. The minimum atomic E-state index is -1.38. The van der Waals surface area contributed by atoms with Crippen molar-refractivity contribution in [1.29, 1.82) is 0 Å². The Bertz CT molecular complexity index is 1380. The van der Waals surface area contributed by atoms with Gasteiger partial charge in [0.25, 0.3) is 0 Å². The Hall–Kier alpha value is -4.47. The maximum Gasteiger partial charge on any atom is 0.323 e. The quantitative estimate of drug-likeness (QED) is 0.367. The third-order valence-corrected chi connectivity index (χ3v) is 4.98. The smallest absolute Gasteiger partial charge is 0.323 e. The van der Waals surface area contributed by atoms with Gasteiger partial charge >= 0.3 is 6.03 Å². The maximum absolute atomic E-state index is 14.3. The van der Waals surface area contributed by atoms with Crippen LogP contribution >= 0.6 is 0 Å². The number of urea groups is 1. The molecule has 0 atom stereocenters. The zero-order valence-electron chi connectivity index (χ0n) is 18.0. The minimum absolute atomic E-state index is 0.121. The molecule has 4 aromatic rings. The minimum Gasteiger partial charge on any atom is -0.493 e. The first-order valence-electron chi connectivity index (χ1n) is 9.85. The Morgan fingerprint density at radius 3 is 2.15 bits per heavy atom. The fourth-order valence-electron chi connectivity index (χ4n) is 3.40. The number of primary amides is 1. The molecule has 2 amide bonds.